The Morgan fingerprint density at radius 2 is 1.65 bits per heavy atom. The van der Waals surface area contributed by atoms with Crippen molar-refractivity contribution < 1.29 is 55.6 Å². The highest BCUT2D eigenvalue weighted by molar-refractivity contribution is 5.73. The Morgan fingerprint density at radius 1 is 1.00 bits per heavy atom. The molecular weight excluding hydrogens is 516 g/mol. The van der Waals surface area contributed by atoms with Crippen molar-refractivity contribution in [1.29, 1.82) is 0 Å². The maximum Gasteiger partial charge on any atom is 0.490 e. The number of carboxylic acids is 2. The van der Waals surface area contributed by atoms with Crippen LogP contribution in [0.4, 0.5) is 26.3 Å². The molecule has 37 heavy (non-hydrogen) atoms. The summed E-state index contributed by atoms with van der Waals surface area (Å²) in [5, 5.41) is 14.2. The van der Waals surface area contributed by atoms with Crippen LogP contribution in [0.1, 0.15) is 18.4 Å². The summed E-state index contributed by atoms with van der Waals surface area (Å²) in [7, 11) is 0. The van der Waals surface area contributed by atoms with Gasteiger partial charge in [0.15, 0.2) is 0 Å². The average Bonchev–Trinajstić information content (AvgIpc) is 3.32. The number of hydrogen-bond donors (Lipinski definition) is 2. The maximum atomic E-state index is 10.6. The maximum absolute atomic E-state index is 10.6. The first-order chi connectivity index (χ1) is 17.3. The molecule has 2 aromatic rings. The third kappa shape index (κ3) is 9.84. The van der Waals surface area contributed by atoms with Gasteiger partial charge in [0.25, 0.3) is 0 Å². The molecule has 3 atom stereocenters. The molecule has 204 valence electrons. The van der Waals surface area contributed by atoms with Gasteiger partial charge in [-0.15, -0.1) is 0 Å². The topological polar surface area (TPSA) is 122 Å². The third-order valence-corrected chi connectivity index (χ3v) is 5.14. The van der Waals surface area contributed by atoms with Gasteiger partial charge in [0, 0.05) is 50.4 Å². The summed E-state index contributed by atoms with van der Waals surface area (Å²) in [6.45, 7) is 2.74. The molecule has 2 saturated heterocycles. The van der Waals surface area contributed by atoms with Crippen molar-refractivity contribution in [2.24, 2.45) is 0 Å². The molecule has 0 saturated carbocycles. The third-order valence-electron chi connectivity index (χ3n) is 5.14. The second-order valence-corrected chi connectivity index (χ2v) is 7.74. The molecule has 15 heteroatoms. The highest BCUT2D eigenvalue weighted by Gasteiger charge is 2.43. The Morgan fingerprint density at radius 3 is 2.16 bits per heavy atom. The monoisotopic (exact) mass is 539 g/mol. The van der Waals surface area contributed by atoms with Crippen molar-refractivity contribution in [2.45, 2.75) is 50.0 Å². The Balaban J connectivity index is 0.000000286. The molecule has 4 heterocycles. The highest BCUT2D eigenvalue weighted by atomic mass is 19.4. The molecule has 2 aliphatic heterocycles. The minimum Gasteiger partial charge on any atom is -0.475 e. The van der Waals surface area contributed by atoms with Crippen molar-refractivity contribution >= 4 is 11.9 Å². The van der Waals surface area contributed by atoms with Gasteiger partial charge in [-0.3, -0.25) is 9.88 Å². The molecule has 2 N–H and O–H groups in total. The van der Waals surface area contributed by atoms with Crippen LogP contribution >= 0.6 is 0 Å². The number of rotatable bonds is 4. The SMILES string of the molecule is O=C(O)C(F)(F)F.O=C(O)C(F)(F)F.c1ccc(O[C@@H]2CCN(Cc3cccnc3)[C@H]3CCO[C@H]23)nc1. The van der Waals surface area contributed by atoms with E-state index in [1.54, 1.807) is 6.20 Å². The Hall–Kier alpha value is -3.46. The van der Waals surface area contributed by atoms with E-state index in [2.05, 4.69) is 20.9 Å². The predicted molar refractivity (Wildman–Crippen MR) is 113 cm³/mol. The van der Waals surface area contributed by atoms with Gasteiger partial charge in [0.1, 0.15) is 12.2 Å². The first-order valence-electron chi connectivity index (χ1n) is 10.7. The lowest BCUT2D eigenvalue weighted by Crippen LogP contribution is -2.53. The molecular formula is C22H23F6N3O6. The van der Waals surface area contributed by atoms with Crippen LogP contribution in [0.25, 0.3) is 0 Å². The molecule has 9 nitrogen and oxygen atoms in total. The molecule has 2 aromatic heterocycles. The van der Waals surface area contributed by atoms with Gasteiger partial charge in [-0.05, 0) is 30.5 Å². The Bertz CT molecular complexity index is 914. The van der Waals surface area contributed by atoms with Crippen molar-refractivity contribution in [1.82, 2.24) is 14.9 Å². The van der Waals surface area contributed by atoms with Crippen molar-refractivity contribution in [3.8, 4) is 5.88 Å². The fourth-order valence-corrected chi connectivity index (χ4v) is 3.59. The van der Waals surface area contributed by atoms with Crippen LogP contribution in [0, 0.1) is 0 Å². The van der Waals surface area contributed by atoms with Crippen LogP contribution in [0.5, 0.6) is 5.88 Å². The number of carboxylic acid groups (broad SMARTS) is 2. The lowest BCUT2D eigenvalue weighted by atomic mass is 9.95. The summed E-state index contributed by atoms with van der Waals surface area (Å²) in [4.78, 5) is 28.8. The predicted octanol–water partition coefficient (Wildman–Crippen LogP) is 3.55. The lowest BCUT2D eigenvalue weighted by molar-refractivity contribution is -0.193. The molecule has 0 spiro atoms. The number of carbonyl (C=O) groups is 2. The number of piperidine rings is 1. The number of fused-ring (bicyclic) bond motifs is 1. The molecule has 2 aliphatic rings. The molecule has 2 fully saturated rings. The summed E-state index contributed by atoms with van der Waals surface area (Å²) < 4.78 is 75.6. The van der Waals surface area contributed by atoms with E-state index in [1.807, 2.05) is 36.7 Å². The number of hydrogen-bond acceptors (Lipinski definition) is 7. The van der Waals surface area contributed by atoms with Crippen LogP contribution in [0.2, 0.25) is 0 Å². The van der Waals surface area contributed by atoms with E-state index < -0.39 is 24.3 Å². The number of aliphatic carboxylic acids is 2. The summed E-state index contributed by atoms with van der Waals surface area (Å²) >= 11 is 0. The summed E-state index contributed by atoms with van der Waals surface area (Å²) in [5.41, 5.74) is 1.25. The summed E-state index contributed by atoms with van der Waals surface area (Å²) in [6.07, 6.45) is -2.41. The number of pyridine rings is 2. The van der Waals surface area contributed by atoms with Gasteiger partial charge in [-0.2, -0.15) is 26.3 Å². The number of ether oxygens (including phenoxy) is 2. The average molecular weight is 539 g/mol. The molecule has 0 unspecified atom stereocenters. The van der Waals surface area contributed by atoms with Crippen LogP contribution in [0.15, 0.2) is 48.9 Å². The number of likely N-dealkylation sites (tertiary alicyclic amines) is 1. The number of halogens is 6. The van der Waals surface area contributed by atoms with Gasteiger partial charge in [-0.1, -0.05) is 12.1 Å². The largest absolute Gasteiger partial charge is 0.490 e. The Kier molecular flexibility index (Phi) is 10.6. The summed E-state index contributed by atoms with van der Waals surface area (Å²) in [6, 6.07) is 10.3. The molecule has 0 aromatic carbocycles. The molecule has 0 amide bonds. The smallest absolute Gasteiger partial charge is 0.475 e. The van der Waals surface area contributed by atoms with E-state index in [0.29, 0.717) is 11.9 Å². The van der Waals surface area contributed by atoms with Crippen LogP contribution in [-0.4, -0.2) is 80.8 Å². The Labute approximate surface area is 206 Å². The first kappa shape index (κ1) is 29.8. The quantitative estimate of drug-likeness (QED) is 0.562. The second-order valence-electron chi connectivity index (χ2n) is 7.74. The van der Waals surface area contributed by atoms with Gasteiger partial charge in [0.05, 0.1) is 0 Å². The molecule has 0 aliphatic carbocycles. The van der Waals surface area contributed by atoms with Crippen molar-refractivity contribution in [3.05, 3.63) is 54.5 Å². The molecule has 0 radical (unpaired) electrons. The highest BCUT2D eigenvalue weighted by Crippen LogP contribution is 2.31. The van der Waals surface area contributed by atoms with Gasteiger partial charge in [0.2, 0.25) is 5.88 Å². The standard InChI is InChI=1S/C18H21N3O2.2C2HF3O2/c1-2-9-20-17(5-1)23-16-6-10-21(15-7-11-22-18(15)16)13-14-4-3-8-19-12-14;2*3-2(4,5)1(6)7/h1-5,8-9,12,15-16,18H,6-7,10-11,13H2;2*(H,6,7)/t15-,16+,18-;;/m0../s1. The zero-order chi connectivity index (χ0) is 27.6. The molecule has 4 rings (SSSR count). The summed E-state index contributed by atoms with van der Waals surface area (Å²) in [5.74, 6) is -4.83. The minimum absolute atomic E-state index is 0.0857. The number of nitrogens with zero attached hydrogens (tertiary/aromatic N) is 3. The zero-order valence-electron chi connectivity index (χ0n) is 19.0. The van der Waals surface area contributed by atoms with E-state index in [9.17, 15) is 26.3 Å². The van der Waals surface area contributed by atoms with E-state index >= 15 is 0 Å². The van der Waals surface area contributed by atoms with Gasteiger partial charge < -0.3 is 19.7 Å². The minimum atomic E-state index is -5.08. The van der Waals surface area contributed by atoms with Crippen LogP contribution in [-0.2, 0) is 20.9 Å². The number of alkyl halides is 6. The zero-order valence-corrected chi connectivity index (χ0v) is 19.0. The van der Waals surface area contributed by atoms with E-state index in [1.165, 1.54) is 5.56 Å². The first-order valence-corrected chi connectivity index (χ1v) is 10.7. The van der Waals surface area contributed by atoms with Crippen LogP contribution < -0.4 is 4.74 Å². The molecule has 0 bridgehead atoms. The fourth-order valence-electron chi connectivity index (χ4n) is 3.59. The van der Waals surface area contributed by atoms with E-state index in [-0.39, 0.29) is 12.2 Å². The van der Waals surface area contributed by atoms with E-state index in [4.69, 9.17) is 29.3 Å². The van der Waals surface area contributed by atoms with Gasteiger partial charge in [-0.25, -0.2) is 14.6 Å². The van der Waals surface area contributed by atoms with E-state index in [0.717, 1.165) is 32.5 Å². The second kappa shape index (κ2) is 13.2. The van der Waals surface area contributed by atoms with Gasteiger partial charge >= 0.3 is 24.3 Å². The van der Waals surface area contributed by atoms with Crippen molar-refractivity contribution in [2.75, 3.05) is 13.2 Å². The normalized spacial score (nSPS) is 21.4. The van der Waals surface area contributed by atoms with Crippen LogP contribution in [0.3, 0.4) is 0 Å². The number of aromatic nitrogens is 2. The fraction of sp³-hybridized carbons (Fsp3) is 0.455. The lowest BCUT2D eigenvalue weighted by Gasteiger charge is -2.40. The van der Waals surface area contributed by atoms with Crippen molar-refractivity contribution in [3.63, 3.8) is 0 Å².